The van der Waals surface area contributed by atoms with Crippen LogP contribution in [-0.4, -0.2) is 17.8 Å². The van der Waals surface area contributed by atoms with Crippen molar-refractivity contribution in [2.24, 2.45) is 0 Å². The topological polar surface area (TPSA) is 32.3 Å². The van der Waals surface area contributed by atoms with E-state index >= 15 is 0 Å². The lowest BCUT2D eigenvalue weighted by molar-refractivity contribution is 0.230. The van der Waals surface area contributed by atoms with E-state index in [2.05, 4.69) is 5.32 Å². The van der Waals surface area contributed by atoms with Gasteiger partial charge >= 0.3 is 0 Å². The normalized spacial score (nSPS) is 14.7. The second kappa shape index (κ2) is 6.55. The van der Waals surface area contributed by atoms with Crippen molar-refractivity contribution in [2.45, 2.75) is 32.4 Å². The van der Waals surface area contributed by atoms with Crippen LogP contribution in [0.5, 0.6) is 0 Å². The summed E-state index contributed by atoms with van der Waals surface area (Å²) in [7, 11) is 0. The molecule has 0 aliphatic heterocycles. The van der Waals surface area contributed by atoms with Crippen molar-refractivity contribution in [3.63, 3.8) is 0 Å². The molecule has 96 valence electrons. The van der Waals surface area contributed by atoms with Gasteiger partial charge in [-0.05, 0) is 25.5 Å². The number of hydrogen-bond acceptors (Lipinski definition) is 2. The summed E-state index contributed by atoms with van der Waals surface area (Å²) in [6, 6.07) is 2.45. The van der Waals surface area contributed by atoms with Crippen LogP contribution >= 0.6 is 23.2 Å². The minimum absolute atomic E-state index is 0.0192. The molecular formula is C12H16Cl2FNO. The van der Waals surface area contributed by atoms with Crippen molar-refractivity contribution in [3.05, 3.63) is 33.6 Å². The van der Waals surface area contributed by atoms with Gasteiger partial charge in [0.15, 0.2) is 0 Å². The van der Waals surface area contributed by atoms with Crippen LogP contribution in [0.25, 0.3) is 0 Å². The van der Waals surface area contributed by atoms with E-state index < -0.39 is 5.82 Å². The summed E-state index contributed by atoms with van der Waals surface area (Å²) in [6.07, 6.45) is 0.769. The molecule has 0 amide bonds. The van der Waals surface area contributed by atoms with Crippen LogP contribution in [0, 0.1) is 5.82 Å². The zero-order valence-electron chi connectivity index (χ0n) is 9.80. The van der Waals surface area contributed by atoms with Crippen molar-refractivity contribution in [1.82, 2.24) is 5.32 Å². The third kappa shape index (κ3) is 3.55. The van der Waals surface area contributed by atoms with Crippen molar-refractivity contribution < 1.29 is 9.50 Å². The lowest BCUT2D eigenvalue weighted by Crippen LogP contribution is -2.34. The number of hydrogen-bond donors (Lipinski definition) is 2. The van der Waals surface area contributed by atoms with Crippen LogP contribution < -0.4 is 5.32 Å². The summed E-state index contributed by atoms with van der Waals surface area (Å²) in [5.74, 6) is -0.489. The van der Waals surface area contributed by atoms with Gasteiger partial charge in [-0.15, -0.1) is 0 Å². The fourth-order valence-corrected chi connectivity index (χ4v) is 2.37. The average molecular weight is 280 g/mol. The minimum Gasteiger partial charge on any atom is -0.395 e. The van der Waals surface area contributed by atoms with Gasteiger partial charge in [0.1, 0.15) is 5.82 Å². The Morgan fingerprint density at radius 3 is 2.59 bits per heavy atom. The summed E-state index contributed by atoms with van der Waals surface area (Å²) in [5, 5.41) is 12.7. The van der Waals surface area contributed by atoms with Gasteiger partial charge in [0, 0.05) is 22.7 Å². The molecule has 0 heterocycles. The van der Waals surface area contributed by atoms with Crippen molar-refractivity contribution in [3.8, 4) is 0 Å². The first-order valence-electron chi connectivity index (χ1n) is 5.51. The third-order valence-corrected chi connectivity index (χ3v) is 3.43. The van der Waals surface area contributed by atoms with Gasteiger partial charge in [-0.2, -0.15) is 0 Å². The van der Waals surface area contributed by atoms with E-state index in [9.17, 15) is 4.39 Å². The van der Waals surface area contributed by atoms with Gasteiger partial charge in [-0.25, -0.2) is 4.39 Å². The van der Waals surface area contributed by atoms with E-state index in [1.165, 1.54) is 12.1 Å². The Hall–Kier alpha value is -0.350. The summed E-state index contributed by atoms with van der Waals surface area (Å²) in [4.78, 5) is 0. The quantitative estimate of drug-likeness (QED) is 0.808. The van der Waals surface area contributed by atoms with Crippen LogP contribution in [0.4, 0.5) is 4.39 Å². The first-order valence-corrected chi connectivity index (χ1v) is 6.27. The molecule has 0 spiro atoms. The van der Waals surface area contributed by atoms with E-state index in [0.717, 1.165) is 6.42 Å². The first kappa shape index (κ1) is 14.7. The Labute approximate surface area is 111 Å². The second-order valence-corrected chi connectivity index (χ2v) is 4.72. The predicted molar refractivity (Wildman–Crippen MR) is 69.1 cm³/mol. The molecule has 1 rings (SSSR count). The Bertz CT molecular complexity index is 383. The number of aliphatic hydroxyl groups excluding tert-OH is 1. The predicted octanol–water partition coefficient (Wildman–Crippen LogP) is 3.55. The van der Waals surface area contributed by atoms with Crippen molar-refractivity contribution in [2.75, 3.05) is 6.61 Å². The Morgan fingerprint density at radius 1 is 1.41 bits per heavy atom. The molecule has 2 nitrogen and oxygen atoms in total. The molecule has 2 atom stereocenters. The zero-order valence-corrected chi connectivity index (χ0v) is 11.3. The Morgan fingerprint density at radius 2 is 2.06 bits per heavy atom. The molecule has 2 unspecified atom stereocenters. The van der Waals surface area contributed by atoms with E-state index in [-0.39, 0.29) is 23.7 Å². The highest BCUT2D eigenvalue weighted by molar-refractivity contribution is 6.36. The van der Waals surface area contributed by atoms with Crippen LogP contribution in [-0.2, 0) is 0 Å². The fourth-order valence-electron chi connectivity index (χ4n) is 1.68. The third-order valence-electron chi connectivity index (χ3n) is 2.71. The second-order valence-electron chi connectivity index (χ2n) is 3.93. The van der Waals surface area contributed by atoms with Crippen LogP contribution in [0.3, 0.4) is 0 Å². The van der Waals surface area contributed by atoms with E-state index in [0.29, 0.717) is 10.6 Å². The molecule has 0 bridgehead atoms. The molecule has 0 aromatic heterocycles. The molecule has 0 aliphatic rings. The highest BCUT2D eigenvalue weighted by Gasteiger charge is 2.18. The molecule has 0 saturated heterocycles. The largest absolute Gasteiger partial charge is 0.395 e. The Balaban J connectivity index is 2.95. The molecule has 1 aromatic carbocycles. The summed E-state index contributed by atoms with van der Waals surface area (Å²) in [5.41, 5.74) is 0.528. The fraction of sp³-hybridized carbons (Fsp3) is 0.500. The van der Waals surface area contributed by atoms with Crippen molar-refractivity contribution in [1.29, 1.82) is 0 Å². The maximum Gasteiger partial charge on any atom is 0.142 e. The van der Waals surface area contributed by atoms with Crippen LogP contribution in [0.1, 0.15) is 31.9 Å². The van der Waals surface area contributed by atoms with Gasteiger partial charge in [0.25, 0.3) is 0 Å². The molecule has 0 saturated carbocycles. The molecule has 17 heavy (non-hydrogen) atoms. The number of rotatable bonds is 5. The highest BCUT2D eigenvalue weighted by atomic mass is 35.5. The first-order chi connectivity index (χ1) is 8.01. The van der Waals surface area contributed by atoms with Gasteiger partial charge in [-0.3, -0.25) is 0 Å². The van der Waals surface area contributed by atoms with Gasteiger partial charge in [0.05, 0.1) is 11.6 Å². The highest BCUT2D eigenvalue weighted by Crippen LogP contribution is 2.32. The van der Waals surface area contributed by atoms with E-state index in [4.69, 9.17) is 28.3 Å². The van der Waals surface area contributed by atoms with Crippen LogP contribution in [0.15, 0.2) is 12.1 Å². The number of benzene rings is 1. The summed E-state index contributed by atoms with van der Waals surface area (Å²) < 4.78 is 13.4. The van der Waals surface area contributed by atoms with Gasteiger partial charge < -0.3 is 10.4 Å². The zero-order chi connectivity index (χ0) is 13.0. The molecule has 0 radical (unpaired) electrons. The van der Waals surface area contributed by atoms with E-state index in [1.807, 2.05) is 13.8 Å². The molecular weight excluding hydrogens is 264 g/mol. The molecule has 2 N–H and O–H groups in total. The lowest BCUT2D eigenvalue weighted by Gasteiger charge is -2.22. The standard InChI is InChI=1S/C12H16Cl2FNO/c1-3-8(6-17)16-7(2)11-9(13)4-5-10(15)12(11)14/h4-5,7-8,16-17H,3,6H2,1-2H3. The average Bonchev–Trinajstić information content (AvgIpc) is 2.31. The van der Waals surface area contributed by atoms with Gasteiger partial charge in [-0.1, -0.05) is 30.1 Å². The minimum atomic E-state index is -0.489. The van der Waals surface area contributed by atoms with Crippen LogP contribution in [0.2, 0.25) is 10.0 Å². The monoisotopic (exact) mass is 279 g/mol. The molecule has 5 heteroatoms. The lowest BCUT2D eigenvalue weighted by atomic mass is 10.1. The maximum atomic E-state index is 13.4. The van der Waals surface area contributed by atoms with E-state index in [1.54, 1.807) is 0 Å². The number of aliphatic hydroxyl groups is 1. The molecule has 1 aromatic rings. The number of halogens is 3. The number of nitrogens with one attached hydrogen (secondary N) is 1. The summed E-state index contributed by atoms with van der Waals surface area (Å²) >= 11 is 11.9. The summed E-state index contributed by atoms with van der Waals surface area (Å²) in [6.45, 7) is 3.81. The smallest absolute Gasteiger partial charge is 0.142 e. The molecule has 0 fully saturated rings. The maximum absolute atomic E-state index is 13.4. The Kier molecular flexibility index (Phi) is 5.67. The van der Waals surface area contributed by atoms with Gasteiger partial charge in [0.2, 0.25) is 0 Å². The van der Waals surface area contributed by atoms with Crippen molar-refractivity contribution >= 4 is 23.2 Å². The molecule has 0 aliphatic carbocycles. The SMILES string of the molecule is CCC(CO)NC(C)c1c(Cl)ccc(F)c1Cl.